The molecule has 78 valence electrons. The van der Waals surface area contributed by atoms with Crippen molar-refractivity contribution in [3.8, 4) is 0 Å². The van der Waals surface area contributed by atoms with Crippen molar-refractivity contribution in [2.45, 2.75) is 59.3 Å². The number of hydrogen-bond donors (Lipinski definition) is 0. The molecule has 0 rings (SSSR count). The third kappa shape index (κ3) is 5.07. The van der Waals surface area contributed by atoms with E-state index in [-0.39, 0.29) is 0 Å². The van der Waals surface area contributed by atoms with E-state index in [1.165, 1.54) is 32.0 Å². The Morgan fingerprint density at radius 2 is 1.38 bits per heavy atom. The minimum absolute atomic E-state index is 0.324. The van der Waals surface area contributed by atoms with Crippen molar-refractivity contribution in [2.24, 2.45) is 11.8 Å². The van der Waals surface area contributed by atoms with Gasteiger partial charge in [0.05, 0.1) is 0 Å². The molecule has 0 aliphatic heterocycles. The van der Waals surface area contributed by atoms with Crippen molar-refractivity contribution in [2.75, 3.05) is 0 Å². The van der Waals surface area contributed by atoms with Gasteiger partial charge in [0.25, 0.3) is 0 Å². The fraction of sp³-hybridized carbons (Fsp3) is 0.917. The summed E-state index contributed by atoms with van der Waals surface area (Å²) in [5, 5.41) is 0. The Hall–Kier alpha value is -0.330. The Bertz CT molecular complexity index is 114. The molecule has 0 aromatic heterocycles. The van der Waals surface area contributed by atoms with E-state index in [1.54, 1.807) is 0 Å². The normalized spacial score (nSPS) is 13.2. The Kier molecular flexibility index (Phi) is 8.07. The summed E-state index contributed by atoms with van der Waals surface area (Å²) in [7, 11) is 0. The highest BCUT2D eigenvalue weighted by atomic mass is 16.1. The van der Waals surface area contributed by atoms with E-state index in [9.17, 15) is 4.79 Å². The zero-order valence-electron chi connectivity index (χ0n) is 9.38. The standard InChI is InChI=1S/C12H24O/c1-4-7-11(8-5-2)12(10-13)9-6-3/h10-12H,4-9H2,1-3H3. The molecule has 0 radical (unpaired) electrons. The summed E-state index contributed by atoms with van der Waals surface area (Å²) in [6, 6.07) is 0. The average Bonchev–Trinajstić information content (AvgIpc) is 2.14. The molecular weight excluding hydrogens is 160 g/mol. The van der Waals surface area contributed by atoms with Gasteiger partial charge in [0.2, 0.25) is 0 Å². The summed E-state index contributed by atoms with van der Waals surface area (Å²) in [5.74, 6) is 0.970. The molecule has 0 heterocycles. The molecule has 0 saturated carbocycles. The molecule has 1 atom stereocenters. The molecule has 0 fully saturated rings. The van der Waals surface area contributed by atoms with E-state index >= 15 is 0 Å². The van der Waals surface area contributed by atoms with Gasteiger partial charge in [-0.1, -0.05) is 52.9 Å². The monoisotopic (exact) mass is 184 g/mol. The first kappa shape index (κ1) is 12.7. The maximum Gasteiger partial charge on any atom is 0.123 e. The molecule has 0 amide bonds. The first-order valence-electron chi connectivity index (χ1n) is 5.75. The van der Waals surface area contributed by atoms with Crippen molar-refractivity contribution in [3.05, 3.63) is 0 Å². The van der Waals surface area contributed by atoms with Crippen molar-refractivity contribution in [1.29, 1.82) is 0 Å². The van der Waals surface area contributed by atoms with Crippen LogP contribution in [0.5, 0.6) is 0 Å². The van der Waals surface area contributed by atoms with Crippen LogP contribution in [-0.4, -0.2) is 6.29 Å². The van der Waals surface area contributed by atoms with Crippen LogP contribution in [0.2, 0.25) is 0 Å². The van der Waals surface area contributed by atoms with Crippen LogP contribution in [0.4, 0.5) is 0 Å². The minimum Gasteiger partial charge on any atom is -0.303 e. The molecule has 0 aliphatic rings. The molecule has 1 heteroatoms. The molecule has 0 aliphatic carbocycles. The Morgan fingerprint density at radius 1 is 0.923 bits per heavy atom. The van der Waals surface area contributed by atoms with Crippen LogP contribution in [0.3, 0.4) is 0 Å². The minimum atomic E-state index is 0.324. The average molecular weight is 184 g/mol. The number of rotatable bonds is 8. The first-order chi connectivity index (χ1) is 6.29. The lowest BCUT2D eigenvalue weighted by Gasteiger charge is -2.21. The van der Waals surface area contributed by atoms with E-state index in [0.29, 0.717) is 11.8 Å². The predicted molar refractivity (Wildman–Crippen MR) is 57.8 cm³/mol. The molecule has 0 saturated heterocycles. The molecular formula is C12H24O. The number of carbonyl (C=O) groups is 1. The van der Waals surface area contributed by atoms with Gasteiger partial charge in [0, 0.05) is 5.92 Å². The summed E-state index contributed by atoms with van der Waals surface area (Å²) < 4.78 is 0. The summed E-state index contributed by atoms with van der Waals surface area (Å²) in [5.41, 5.74) is 0. The van der Waals surface area contributed by atoms with E-state index in [0.717, 1.165) is 12.8 Å². The van der Waals surface area contributed by atoms with Crippen molar-refractivity contribution < 1.29 is 4.79 Å². The van der Waals surface area contributed by atoms with Crippen molar-refractivity contribution in [1.82, 2.24) is 0 Å². The fourth-order valence-electron chi connectivity index (χ4n) is 2.06. The maximum absolute atomic E-state index is 10.9. The lowest BCUT2D eigenvalue weighted by atomic mass is 9.83. The highest BCUT2D eigenvalue weighted by Gasteiger charge is 2.18. The van der Waals surface area contributed by atoms with Crippen LogP contribution in [0.25, 0.3) is 0 Å². The molecule has 1 unspecified atom stereocenters. The van der Waals surface area contributed by atoms with Gasteiger partial charge < -0.3 is 4.79 Å². The Balaban J connectivity index is 4.02. The topological polar surface area (TPSA) is 17.1 Å². The molecule has 0 aromatic rings. The van der Waals surface area contributed by atoms with Crippen LogP contribution in [0, 0.1) is 11.8 Å². The Labute approximate surface area is 82.9 Å². The lowest BCUT2D eigenvalue weighted by Crippen LogP contribution is -2.16. The van der Waals surface area contributed by atoms with Crippen LogP contribution < -0.4 is 0 Å². The third-order valence-corrected chi connectivity index (χ3v) is 2.72. The summed E-state index contributed by atoms with van der Waals surface area (Å²) in [4.78, 5) is 10.9. The van der Waals surface area contributed by atoms with Gasteiger partial charge in [0.15, 0.2) is 0 Å². The van der Waals surface area contributed by atoms with Crippen LogP contribution in [0.1, 0.15) is 59.3 Å². The predicted octanol–water partition coefficient (Wildman–Crippen LogP) is 3.82. The van der Waals surface area contributed by atoms with Gasteiger partial charge in [-0.3, -0.25) is 0 Å². The zero-order valence-corrected chi connectivity index (χ0v) is 9.38. The summed E-state index contributed by atoms with van der Waals surface area (Å²) >= 11 is 0. The van der Waals surface area contributed by atoms with Gasteiger partial charge >= 0.3 is 0 Å². The summed E-state index contributed by atoms with van der Waals surface area (Å²) in [6.45, 7) is 6.57. The third-order valence-electron chi connectivity index (χ3n) is 2.72. The molecule has 1 nitrogen and oxygen atoms in total. The van der Waals surface area contributed by atoms with E-state index in [1.807, 2.05) is 0 Å². The van der Waals surface area contributed by atoms with Crippen LogP contribution in [-0.2, 0) is 4.79 Å². The Morgan fingerprint density at radius 3 is 1.69 bits per heavy atom. The smallest absolute Gasteiger partial charge is 0.123 e. The van der Waals surface area contributed by atoms with E-state index < -0.39 is 0 Å². The van der Waals surface area contributed by atoms with Crippen molar-refractivity contribution >= 4 is 6.29 Å². The van der Waals surface area contributed by atoms with Gasteiger partial charge in [-0.2, -0.15) is 0 Å². The highest BCUT2D eigenvalue weighted by molar-refractivity contribution is 5.53. The highest BCUT2D eigenvalue weighted by Crippen LogP contribution is 2.25. The van der Waals surface area contributed by atoms with Crippen LogP contribution in [0.15, 0.2) is 0 Å². The van der Waals surface area contributed by atoms with Gasteiger partial charge in [0.1, 0.15) is 6.29 Å². The quantitative estimate of drug-likeness (QED) is 0.524. The van der Waals surface area contributed by atoms with Gasteiger partial charge in [-0.15, -0.1) is 0 Å². The second kappa shape index (κ2) is 8.28. The maximum atomic E-state index is 10.9. The second-order valence-corrected chi connectivity index (χ2v) is 3.93. The fourth-order valence-corrected chi connectivity index (χ4v) is 2.06. The molecule has 13 heavy (non-hydrogen) atoms. The first-order valence-corrected chi connectivity index (χ1v) is 5.75. The van der Waals surface area contributed by atoms with Gasteiger partial charge in [-0.25, -0.2) is 0 Å². The summed E-state index contributed by atoms with van der Waals surface area (Å²) in [6.07, 6.45) is 8.24. The van der Waals surface area contributed by atoms with E-state index in [4.69, 9.17) is 0 Å². The molecule has 0 aromatic carbocycles. The molecule has 0 N–H and O–H groups in total. The molecule has 0 spiro atoms. The van der Waals surface area contributed by atoms with E-state index in [2.05, 4.69) is 20.8 Å². The lowest BCUT2D eigenvalue weighted by molar-refractivity contribution is -0.113. The zero-order chi connectivity index (χ0) is 10.1. The SMILES string of the molecule is CCCC(C=O)C(CCC)CCC. The molecule has 0 bridgehead atoms. The van der Waals surface area contributed by atoms with Gasteiger partial charge in [-0.05, 0) is 12.3 Å². The van der Waals surface area contributed by atoms with Crippen LogP contribution >= 0.6 is 0 Å². The second-order valence-electron chi connectivity index (χ2n) is 3.93. The largest absolute Gasteiger partial charge is 0.303 e. The number of aldehydes is 1. The number of hydrogen-bond acceptors (Lipinski definition) is 1. The van der Waals surface area contributed by atoms with Crippen molar-refractivity contribution in [3.63, 3.8) is 0 Å². The number of carbonyl (C=O) groups excluding carboxylic acids is 1.